The van der Waals surface area contributed by atoms with Gasteiger partial charge in [0.25, 0.3) is 0 Å². The van der Waals surface area contributed by atoms with E-state index in [0.717, 1.165) is 0 Å². The lowest BCUT2D eigenvalue weighted by Gasteiger charge is -2.17. The smallest absolute Gasteiger partial charge is 0.365 e. The first-order valence-corrected chi connectivity index (χ1v) is 3.93. The van der Waals surface area contributed by atoms with E-state index in [9.17, 15) is 0 Å². The number of halogens is 1. The quantitative estimate of drug-likeness (QED) is 0.598. The van der Waals surface area contributed by atoms with Crippen LogP contribution in [0.5, 0.6) is 0 Å². The van der Waals surface area contributed by atoms with Crippen LogP contribution in [0.25, 0.3) is 0 Å². The Bertz CT molecular complexity index is 61.8. The van der Waals surface area contributed by atoms with Crippen LogP contribution in [-0.4, -0.2) is 30.3 Å². The lowest BCUT2D eigenvalue weighted by molar-refractivity contribution is 0.125. The van der Waals surface area contributed by atoms with Crippen molar-refractivity contribution >= 4 is 21.4 Å². The predicted molar refractivity (Wildman–Crippen MR) is 38.2 cm³/mol. The van der Waals surface area contributed by atoms with Crippen molar-refractivity contribution in [3.8, 4) is 0 Å². The van der Waals surface area contributed by atoms with E-state index in [2.05, 4.69) is 0 Å². The SMILES string of the molecule is CO[Si](N)(OC)OC.Cl. The Morgan fingerprint density at radius 3 is 1.22 bits per heavy atom. The summed E-state index contributed by atoms with van der Waals surface area (Å²) in [6, 6.07) is 0. The highest BCUT2D eigenvalue weighted by Crippen LogP contribution is 1.93. The molecular formula is C3H12ClNO3Si. The highest BCUT2D eigenvalue weighted by molar-refractivity contribution is 6.56. The zero-order chi connectivity index (χ0) is 6.62. The molecule has 6 heteroatoms. The molecule has 0 rings (SSSR count). The van der Waals surface area contributed by atoms with Gasteiger partial charge in [-0.2, -0.15) is 0 Å². The van der Waals surface area contributed by atoms with Gasteiger partial charge >= 0.3 is 8.97 Å². The zero-order valence-electron chi connectivity index (χ0n) is 5.71. The highest BCUT2D eigenvalue weighted by Gasteiger charge is 2.32. The Kier molecular flexibility index (Phi) is 6.91. The van der Waals surface area contributed by atoms with Gasteiger partial charge in [-0.05, 0) is 0 Å². The summed E-state index contributed by atoms with van der Waals surface area (Å²) in [5.41, 5.74) is 0. The monoisotopic (exact) mass is 173 g/mol. The summed E-state index contributed by atoms with van der Waals surface area (Å²) in [6.45, 7) is 0. The molecule has 0 aromatic carbocycles. The summed E-state index contributed by atoms with van der Waals surface area (Å²) < 4.78 is 14.1. The maximum absolute atomic E-state index is 5.37. The number of hydrogen-bond acceptors (Lipinski definition) is 4. The van der Waals surface area contributed by atoms with E-state index in [0.29, 0.717) is 0 Å². The van der Waals surface area contributed by atoms with E-state index < -0.39 is 8.97 Å². The molecule has 0 unspecified atom stereocenters. The van der Waals surface area contributed by atoms with Gasteiger partial charge in [0.2, 0.25) is 0 Å². The van der Waals surface area contributed by atoms with E-state index in [1.807, 2.05) is 0 Å². The molecule has 58 valence electrons. The lowest BCUT2D eigenvalue weighted by Crippen LogP contribution is -2.52. The first kappa shape index (κ1) is 12.1. The van der Waals surface area contributed by atoms with Crippen molar-refractivity contribution in [1.82, 2.24) is 0 Å². The Morgan fingerprint density at radius 1 is 1.00 bits per heavy atom. The largest absolute Gasteiger partial charge is 0.593 e. The van der Waals surface area contributed by atoms with Crippen molar-refractivity contribution in [1.29, 1.82) is 0 Å². The third-order valence-corrected chi connectivity index (χ3v) is 2.56. The second-order valence-corrected chi connectivity index (χ2v) is 3.65. The van der Waals surface area contributed by atoms with Crippen LogP contribution < -0.4 is 5.40 Å². The molecule has 0 heterocycles. The molecule has 0 radical (unpaired) electrons. The molecule has 0 saturated heterocycles. The fraction of sp³-hybridized carbons (Fsp3) is 1.00. The van der Waals surface area contributed by atoms with Gasteiger partial charge in [-0.3, -0.25) is 5.40 Å². The van der Waals surface area contributed by atoms with Crippen molar-refractivity contribution < 1.29 is 13.3 Å². The van der Waals surface area contributed by atoms with Gasteiger partial charge < -0.3 is 13.3 Å². The molecular weight excluding hydrogens is 162 g/mol. The van der Waals surface area contributed by atoms with Gasteiger partial charge in [0.05, 0.1) is 0 Å². The maximum atomic E-state index is 5.37. The number of hydrogen-bond donors (Lipinski definition) is 1. The van der Waals surface area contributed by atoms with Crippen molar-refractivity contribution in [2.24, 2.45) is 5.40 Å². The van der Waals surface area contributed by atoms with E-state index in [1.165, 1.54) is 21.3 Å². The fourth-order valence-electron chi connectivity index (χ4n) is 0.250. The van der Waals surface area contributed by atoms with Gasteiger partial charge in [-0.15, -0.1) is 12.4 Å². The van der Waals surface area contributed by atoms with Crippen molar-refractivity contribution in [2.75, 3.05) is 21.3 Å². The fourth-order valence-corrected chi connectivity index (χ4v) is 0.750. The summed E-state index contributed by atoms with van der Waals surface area (Å²) in [4.78, 5) is 0. The minimum absolute atomic E-state index is 0. The molecule has 0 aromatic heterocycles. The summed E-state index contributed by atoms with van der Waals surface area (Å²) in [5, 5.41) is 5.37. The Hall–Kier alpha value is 0.347. The van der Waals surface area contributed by atoms with Gasteiger partial charge in [0, 0.05) is 21.3 Å². The first-order chi connectivity index (χ1) is 3.68. The molecule has 0 aliphatic rings. The van der Waals surface area contributed by atoms with Crippen LogP contribution in [0.15, 0.2) is 0 Å². The minimum Gasteiger partial charge on any atom is -0.365 e. The Morgan fingerprint density at radius 2 is 1.22 bits per heavy atom. The second kappa shape index (κ2) is 5.16. The van der Waals surface area contributed by atoms with E-state index in [1.54, 1.807) is 0 Å². The van der Waals surface area contributed by atoms with E-state index in [-0.39, 0.29) is 12.4 Å². The average molecular weight is 174 g/mol. The third-order valence-electron chi connectivity index (χ3n) is 0.854. The average Bonchev–Trinajstić information content (AvgIpc) is 1.87. The normalized spacial score (nSPS) is 10.7. The van der Waals surface area contributed by atoms with Crippen LogP contribution in [0.2, 0.25) is 0 Å². The van der Waals surface area contributed by atoms with Crippen LogP contribution in [0.1, 0.15) is 0 Å². The summed E-state index contributed by atoms with van der Waals surface area (Å²) in [5.74, 6) is 0. The lowest BCUT2D eigenvalue weighted by atomic mass is 11.8. The molecule has 0 fully saturated rings. The molecule has 0 aliphatic carbocycles. The third kappa shape index (κ3) is 3.85. The van der Waals surface area contributed by atoms with Crippen molar-refractivity contribution in [3.63, 3.8) is 0 Å². The van der Waals surface area contributed by atoms with Gasteiger partial charge in [0.15, 0.2) is 0 Å². The molecule has 4 nitrogen and oxygen atoms in total. The van der Waals surface area contributed by atoms with Gasteiger partial charge in [-0.1, -0.05) is 0 Å². The molecule has 0 atom stereocenters. The van der Waals surface area contributed by atoms with E-state index in [4.69, 9.17) is 18.7 Å². The van der Waals surface area contributed by atoms with Gasteiger partial charge in [-0.25, -0.2) is 0 Å². The topological polar surface area (TPSA) is 53.7 Å². The Labute approximate surface area is 62.1 Å². The van der Waals surface area contributed by atoms with Crippen LogP contribution in [-0.2, 0) is 13.3 Å². The Balaban J connectivity index is 0. The molecule has 2 N–H and O–H groups in total. The standard InChI is InChI=1S/C3H11NO3Si.ClH/c1-5-8(4,6-2)7-3;/h4H2,1-3H3;1H. The van der Waals surface area contributed by atoms with Crippen LogP contribution in [0.4, 0.5) is 0 Å². The minimum atomic E-state index is -2.67. The molecule has 0 spiro atoms. The summed E-state index contributed by atoms with van der Waals surface area (Å²) in [6.07, 6.45) is 0. The summed E-state index contributed by atoms with van der Waals surface area (Å²) >= 11 is 0. The van der Waals surface area contributed by atoms with Crippen molar-refractivity contribution in [3.05, 3.63) is 0 Å². The summed E-state index contributed by atoms with van der Waals surface area (Å²) in [7, 11) is 1.70. The molecule has 0 aliphatic heterocycles. The van der Waals surface area contributed by atoms with Gasteiger partial charge in [0.1, 0.15) is 0 Å². The second-order valence-electron chi connectivity index (χ2n) is 1.22. The van der Waals surface area contributed by atoms with Crippen LogP contribution in [0.3, 0.4) is 0 Å². The first-order valence-electron chi connectivity index (χ1n) is 2.13. The van der Waals surface area contributed by atoms with E-state index >= 15 is 0 Å². The van der Waals surface area contributed by atoms with Crippen LogP contribution >= 0.6 is 12.4 Å². The van der Waals surface area contributed by atoms with Crippen LogP contribution in [0, 0.1) is 0 Å². The predicted octanol–water partition coefficient (Wildman–Crippen LogP) is -0.258. The molecule has 0 aromatic rings. The number of rotatable bonds is 3. The van der Waals surface area contributed by atoms with Crippen molar-refractivity contribution in [2.45, 2.75) is 0 Å². The molecule has 0 bridgehead atoms. The maximum Gasteiger partial charge on any atom is 0.593 e. The molecule has 0 amide bonds. The highest BCUT2D eigenvalue weighted by atomic mass is 35.5. The molecule has 0 saturated carbocycles. The number of nitrogens with two attached hydrogens (primary N) is 1. The molecule has 9 heavy (non-hydrogen) atoms. The zero-order valence-corrected chi connectivity index (χ0v) is 7.53.